The van der Waals surface area contributed by atoms with Crippen molar-refractivity contribution >= 4 is 32.2 Å². The van der Waals surface area contributed by atoms with E-state index in [4.69, 9.17) is 16.3 Å². The molecular formula is C11H7ClFN2OSe. The van der Waals surface area contributed by atoms with Crippen molar-refractivity contribution in [3.63, 3.8) is 0 Å². The van der Waals surface area contributed by atoms with Crippen LogP contribution < -0.4 is 9.33 Å². The van der Waals surface area contributed by atoms with Crippen LogP contribution in [0.3, 0.4) is 0 Å². The molecule has 1 radical (unpaired) electrons. The van der Waals surface area contributed by atoms with Crippen LogP contribution in [0.5, 0.6) is 5.75 Å². The Morgan fingerprint density at radius 3 is 2.88 bits per heavy atom. The number of nitrogens with zero attached hydrogens (tertiary/aromatic N) is 2. The molecule has 0 amide bonds. The van der Waals surface area contributed by atoms with Gasteiger partial charge in [0.05, 0.1) is 0 Å². The van der Waals surface area contributed by atoms with Crippen molar-refractivity contribution in [3.05, 3.63) is 47.1 Å². The summed E-state index contributed by atoms with van der Waals surface area (Å²) in [7, 11) is 0. The number of hydrogen-bond acceptors (Lipinski definition) is 3. The average Bonchev–Trinajstić information content (AvgIpc) is 2.28. The zero-order chi connectivity index (χ0) is 12.3. The van der Waals surface area contributed by atoms with Crippen LogP contribution >= 0.6 is 11.6 Å². The molecule has 0 aliphatic rings. The molecule has 0 saturated carbocycles. The summed E-state index contributed by atoms with van der Waals surface area (Å²) in [5.74, 6) is 0.107. The van der Waals surface area contributed by atoms with E-state index < -0.39 is 5.82 Å². The van der Waals surface area contributed by atoms with Gasteiger partial charge in [0.1, 0.15) is 0 Å². The molecule has 17 heavy (non-hydrogen) atoms. The second-order valence-corrected chi connectivity index (χ2v) is 4.49. The van der Waals surface area contributed by atoms with E-state index >= 15 is 0 Å². The summed E-state index contributed by atoms with van der Waals surface area (Å²) in [5.41, 5.74) is 0. The van der Waals surface area contributed by atoms with Gasteiger partial charge in [0.2, 0.25) is 0 Å². The molecule has 0 saturated heterocycles. The van der Waals surface area contributed by atoms with Gasteiger partial charge in [-0.2, -0.15) is 0 Å². The van der Waals surface area contributed by atoms with Gasteiger partial charge in [-0.1, -0.05) is 0 Å². The normalized spacial score (nSPS) is 10.2. The predicted octanol–water partition coefficient (Wildman–Crippen LogP) is 1.64. The monoisotopic (exact) mass is 317 g/mol. The van der Waals surface area contributed by atoms with Crippen molar-refractivity contribution in [1.29, 1.82) is 0 Å². The number of halogens is 2. The van der Waals surface area contributed by atoms with E-state index in [1.54, 1.807) is 18.3 Å². The quantitative estimate of drug-likeness (QED) is 0.808. The first-order chi connectivity index (χ1) is 8.15. The van der Waals surface area contributed by atoms with Crippen molar-refractivity contribution in [2.75, 3.05) is 0 Å². The molecule has 3 nitrogen and oxygen atoms in total. The first kappa shape index (κ1) is 12.3. The zero-order valence-electron chi connectivity index (χ0n) is 8.56. The molecule has 0 fully saturated rings. The summed E-state index contributed by atoms with van der Waals surface area (Å²) >= 11 is 8.39. The molecule has 87 valence electrons. The van der Waals surface area contributed by atoms with Gasteiger partial charge in [-0.3, -0.25) is 0 Å². The summed E-state index contributed by atoms with van der Waals surface area (Å²) in [6.07, 6.45) is 1.61. The Morgan fingerprint density at radius 1 is 1.35 bits per heavy atom. The SMILES string of the molecule is Fc1cc(Cl)ccc1OCc1nccc([Se])n1. The molecule has 2 aromatic rings. The van der Waals surface area contributed by atoms with Gasteiger partial charge in [0.25, 0.3) is 0 Å². The van der Waals surface area contributed by atoms with Crippen LogP contribution in [0.1, 0.15) is 5.82 Å². The molecule has 0 spiro atoms. The van der Waals surface area contributed by atoms with Gasteiger partial charge in [0.15, 0.2) is 0 Å². The fourth-order valence-electron chi connectivity index (χ4n) is 1.18. The third-order valence-electron chi connectivity index (χ3n) is 1.93. The summed E-state index contributed by atoms with van der Waals surface area (Å²) < 4.78 is 19.4. The second-order valence-electron chi connectivity index (χ2n) is 3.17. The molecule has 0 atom stereocenters. The molecule has 6 heteroatoms. The van der Waals surface area contributed by atoms with Crippen molar-refractivity contribution in [2.45, 2.75) is 6.61 Å². The average molecular weight is 317 g/mol. The molecule has 1 aromatic heterocycles. The van der Waals surface area contributed by atoms with Crippen LogP contribution in [0.2, 0.25) is 5.02 Å². The van der Waals surface area contributed by atoms with E-state index in [-0.39, 0.29) is 12.4 Å². The second kappa shape index (κ2) is 5.45. The molecule has 2 rings (SSSR count). The number of hydrogen-bond donors (Lipinski definition) is 0. The Balaban J connectivity index is 2.07. The van der Waals surface area contributed by atoms with Crippen molar-refractivity contribution in [2.24, 2.45) is 0 Å². The summed E-state index contributed by atoms with van der Waals surface area (Å²) in [6, 6.07) is 5.96. The maximum absolute atomic E-state index is 13.4. The molecule has 0 bridgehead atoms. The van der Waals surface area contributed by atoms with Gasteiger partial charge in [0, 0.05) is 0 Å². The van der Waals surface area contributed by atoms with Crippen LogP contribution in [-0.2, 0) is 6.61 Å². The Labute approximate surface area is 111 Å². The number of ether oxygens (including phenoxy) is 1. The number of aromatic nitrogens is 2. The van der Waals surface area contributed by atoms with Crippen LogP contribution in [0.25, 0.3) is 0 Å². The Kier molecular flexibility index (Phi) is 3.94. The van der Waals surface area contributed by atoms with E-state index in [1.807, 2.05) is 0 Å². The van der Waals surface area contributed by atoms with Crippen LogP contribution in [0.4, 0.5) is 4.39 Å². The van der Waals surface area contributed by atoms with Gasteiger partial charge in [-0.05, 0) is 0 Å². The summed E-state index contributed by atoms with van der Waals surface area (Å²) in [4.78, 5) is 8.09. The molecule has 0 unspecified atom stereocenters. The van der Waals surface area contributed by atoms with E-state index in [0.717, 1.165) is 4.59 Å². The third-order valence-corrected chi connectivity index (χ3v) is 2.64. The first-order valence-electron chi connectivity index (χ1n) is 4.72. The fraction of sp³-hybridized carbons (Fsp3) is 0.0909. The molecule has 0 N–H and O–H groups in total. The van der Waals surface area contributed by atoms with Crippen molar-refractivity contribution < 1.29 is 9.13 Å². The topological polar surface area (TPSA) is 35.0 Å². The van der Waals surface area contributed by atoms with Gasteiger partial charge >= 0.3 is 111 Å². The first-order valence-corrected chi connectivity index (χ1v) is 5.95. The molecule has 0 aliphatic heterocycles. The van der Waals surface area contributed by atoms with Crippen LogP contribution in [0.15, 0.2) is 30.5 Å². The van der Waals surface area contributed by atoms with Crippen molar-refractivity contribution in [3.8, 4) is 5.75 Å². The number of benzene rings is 1. The van der Waals surface area contributed by atoms with E-state index in [1.165, 1.54) is 12.1 Å². The third kappa shape index (κ3) is 3.40. The molecule has 0 aliphatic carbocycles. The standard InChI is InChI=1S/C11H7ClFN2OSe/c12-7-1-2-9(8(13)5-7)16-6-10-14-4-3-11(17)15-10/h1-5H,6H2. The van der Waals surface area contributed by atoms with E-state index in [2.05, 4.69) is 26.0 Å². The van der Waals surface area contributed by atoms with Gasteiger partial charge < -0.3 is 0 Å². The predicted molar refractivity (Wildman–Crippen MR) is 63.2 cm³/mol. The fourth-order valence-corrected chi connectivity index (χ4v) is 1.69. The maximum atomic E-state index is 13.4. The minimum absolute atomic E-state index is 0.105. The molecule has 1 heterocycles. The van der Waals surface area contributed by atoms with E-state index in [0.29, 0.717) is 10.8 Å². The number of rotatable bonds is 3. The van der Waals surface area contributed by atoms with E-state index in [9.17, 15) is 4.39 Å². The molecular weight excluding hydrogens is 310 g/mol. The minimum atomic E-state index is -0.503. The Bertz CT molecular complexity index is 539. The van der Waals surface area contributed by atoms with Crippen molar-refractivity contribution in [1.82, 2.24) is 9.97 Å². The molecule has 1 aromatic carbocycles. The summed E-state index contributed by atoms with van der Waals surface area (Å²) in [6.45, 7) is 0.105. The summed E-state index contributed by atoms with van der Waals surface area (Å²) in [5, 5.41) is 0.330. The Hall–Kier alpha value is -1.16. The zero-order valence-corrected chi connectivity index (χ0v) is 11.0. The van der Waals surface area contributed by atoms with Gasteiger partial charge in [-0.15, -0.1) is 0 Å². The van der Waals surface area contributed by atoms with Gasteiger partial charge in [-0.25, -0.2) is 0 Å². The Morgan fingerprint density at radius 2 is 2.18 bits per heavy atom. The van der Waals surface area contributed by atoms with Crippen LogP contribution in [0, 0.1) is 5.82 Å². The van der Waals surface area contributed by atoms with Crippen LogP contribution in [-0.4, -0.2) is 26.0 Å².